The fraction of sp³-hybridized carbons (Fsp3) is 0.0769. The number of aromatic nitrogens is 5. The van der Waals surface area contributed by atoms with E-state index in [1.165, 1.54) is 17.1 Å². The molecule has 0 atom stereocenters. The number of halogens is 1. The van der Waals surface area contributed by atoms with Crippen molar-refractivity contribution >= 4 is 46.8 Å². The molecule has 0 fully saturated rings. The first-order chi connectivity index (χ1) is 18.0. The highest BCUT2D eigenvalue weighted by Crippen LogP contribution is 2.33. The Hall–Kier alpha value is -4.83. The van der Waals surface area contributed by atoms with E-state index < -0.39 is 11.5 Å². The van der Waals surface area contributed by atoms with Crippen molar-refractivity contribution in [2.75, 3.05) is 11.9 Å². The van der Waals surface area contributed by atoms with Gasteiger partial charge in [-0.1, -0.05) is 42.0 Å². The van der Waals surface area contributed by atoms with Crippen molar-refractivity contribution in [2.45, 2.75) is 6.54 Å². The predicted molar refractivity (Wildman–Crippen MR) is 140 cm³/mol. The molecule has 2 amide bonds. The first kappa shape index (κ1) is 23.9. The monoisotopic (exact) mass is 513 g/mol. The van der Waals surface area contributed by atoms with Gasteiger partial charge in [-0.15, -0.1) is 0 Å². The molecule has 10 nitrogen and oxygen atoms in total. The molecule has 0 bridgehead atoms. The highest BCUT2D eigenvalue weighted by atomic mass is 35.5. The number of rotatable bonds is 7. The predicted octanol–water partition coefficient (Wildman–Crippen LogP) is 3.00. The number of H-pyrrole nitrogens is 1. The highest BCUT2D eigenvalue weighted by Gasteiger charge is 2.24. The Morgan fingerprint density at radius 2 is 2.00 bits per heavy atom. The summed E-state index contributed by atoms with van der Waals surface area (Å²) in [5, 5.41) is 5.92. The van der Waals surface area contributed by atoms with E-state index in [2.05, 4.69) is 30.6 Å². The van der Waals surface area contributed by atoms with Gasteiger partial charge in [-0.3, -0.25) is 19.0 Å². The molecule has 0 saturated heterocycles. The SMILES string of the molecule is O=C1Nc2cc(C=CCNC(=O)c3cncn(Cc4ccc(Cl)nc4)c3=O)ccc2C1=Cc1cnc[nH]1. The van der Waals surface area contributed by atoms with Gasteiger partial charge in [-0.05, 0) is 29.3 Å². The number of carbonyl (C=O) groups is 2. The summed E-state index contributed by atoms with van der Waals surface area (Å²) in [4.78, 5) is 52.7. The second-order valence-corrected chi connectivity index (χ2v) is 8.55. The van der Waals surface area contributed by atoms with Gasteiger partial charge >= 0.3 is 0 Å². The van der Waals surface area contributed by atoms with Gasteiger partial charge in [0.2, 0.25) is 0 Å². The summed E-state index contributed by atoms with van der Waals surface area (Å²) in [6.07, 6.45) is 12.7. The molecule has 1 aromatic carbocycles. The number of imidazole rings is 1. The van der Waals surface area contributed by atoms with Gasteiger partial charge in [0, 0.05) is 30.2 Å². The van der Waals surface area contributed by atoms with Gasteiger partial charge in [0.15, 0.2) is 0 Å². The minimum Gasteiger partial charge on any atom is -0.348 e. The number of hydrogen-bond acceptors (Lipinski definition) is 6. The van der Waals surface area contributed by atoms with E-state index in [0.29, 0.717) is 16.4 Å². The first-order valence-electron chi connectivity index (χ1n) is 11.2. The fourth-order valence-corrected chi connectivity index (χ4v) is 3.93. The maximum Gasteiger partial charge on any atom is 0.266 e. The van der Waals surface area contributed by atoms with Crippen LogP contribution in [0, 0.1) is 0 Å². The van der Waals surface area contributed by atoms with Crippen LogP contribution in [0.25, 0.3) is 17.7 Å². The molecule has 4 aromatic rings. The van der Waals surface area contributed by atoms with Crippen LogP contribution in [0.4, 0.5) is 5.69 Å². The molecule has 1 aliphatic rings. The zero-order chi connectivity index (χ0) is 25.8. The van der Waals surface area contributed by atoms with Gasteiger partial charge in [0.1, 0.15) is 10.7 Å². The number of anilines is 1. The molecule has 184 valence electrons. The number of hydrogen-bond donors (Lipinski definition) is 3. The minimum absolute atomic E-state index is 0.0605. The summed E-state index contributed by atoms with van der Waals surface area (Å²) in [5.74, 6) is -0.715. The topological polar surface area (TPSA) is 135 Å². The molecule has 0 spiro atoms. The normalized spacial score (nSPS) is 13.6. The molecule has 0 saturated carbocycles. The third-order valence-corrected chi connectivity index (χ3v) is 5.85. The molecule has 0 unspecified atom stereocenters. The van der Waals surface area contributed by atoms with Crippen molar-refractivity contribution in [3.63, 3.8) is 0 Å². The number of pyridine rings is 1. The third kappa shape index (κ3) is 5.39. The standard InChI is InChI=1S/C26H20ClN7O3/c27-23-6-4-17(10-31-23)13-34-15-29-12-21(26(34)37)24(35)30-7-1-2-16-3-5-19-20(9-18-11-28-14-32-18)25(36)33-22(19)8-16/h1-6,8-12,14-15H,7,13H2,(H,28,32)(H,30,35)(H,33,36). The fourth-order valence-electron chi connectivity index (χ4n) is 3.82. The number of nitrogens with one attached hydrogen (secondary N) is 3. The van der Waals surface area contributed by atoms with E-state index in [1.54, 1.807) is 43.0 Å². The Balaban J connectivity index is 1.22. The smallest absolute Gasteiger partial charge is 0.266 e. The number of benzene rings is 1. The van der Waals surface area contributed by atoms with E-state index in [9.17, 15) is 14.4 Å². The van der Waals surface area contributed by atoms with Gasteiger partial charge in [-0.25, -0.2) is 15.0 Å². The highest BCUT2D eigenvalue weighted by molar-refractivity contribution is 6.34. The van der Waals surface area contributed by atoms with Crippen LogP contribution in [0.15, 0.2) is 72.4 Å². The summed E-state index contributed by atoms with van der Waals surface area (Å²) in [5.41, 5.74) is 3.87. The molecule has 5 rings (SSSR count). The number of nitrogens with zero attached hydrogens (tertiary/aromatic N) is 4. The van der Waals surface area contributed by atoms with E-state index in [1.807, 2.05) is 24.3 Å². The maximum absolute atomic E-state index is 12.8. The zero-order valence-electron chi connectivity index (χ0n) is 19.3. The summed E-state index contributed by atoms with van der Waals surface area (Å²) in [6, 6.07) is 8.97. The van der Waals surface area contributed by atoms with E-state index >= 15 is 0 Å². The minimum atomic E-state index is -0.527. The second kappa shape index (κ2) is 10.4. The Morgan fingerprint density at radius 3 is 2.78 bits per heavy atom. The second-order valence-electron chi connectivity index (χ2n) is 8.17. The van der Waals surface area contributed by atoms with Gasteiger partial charge in [-0.2, -0.15) is 0 Å². The number of carbonyl (C=O) groups excluding carboxylic acids is 2. The average Bonchev–Trinajstić information content (AvgIpc) is 3.52. The largest absolute Gasteiger partial charge is 0.348 e. The van der Waals surface area contributed by atoms with E-state index in [4.69, 9.17) is 11.6 Å². The third-order valence-electron chi connectivity index (χ3n) is 5.62. The zero-order valence-corrected chi connectivity index (χ0v) is 20.1. The van der Waals surface area contributed by atoms with Crippen LogP contribution in [-0.2, 0) is 11.3 Å². The quantitative estimate of drug-likeness (QED) is 0.257. The molecular weight excluding hydrogens is 494 g/mol. The van der Waals surface area contributed by atoms with Crippen molar-refractivity contribution in [1.29, 1.82) is 0 Å². The number of amides is 2. The lowest BCUT2D eigenvalue weighted by atomic mass is 10.0. The van der Waals surface area contributed by atoms with E-state index in [0.717, 1.165) is 22.4 Å². The molecular formula is C26H20ClN7O3. The average molecular weight is 514 g/mol. The van der Waals surface area contributed by atoms with Crippen LogP contribution in [0.1, 0.15) is 32.7 Å². The van der Waals surface area contributed by atoms with Crippen LogP contribution < -0.4 is 16.2 Å². The van der Waals surface area contributed by atoms with E-state index in [-0.39, 0.29) is 24.6 Å². The Kier molecular flexibility index (Phi) is 6.73. The molecule has 3 N–H and O–H groups in total. The first-order valence-corrected chi connectivity index (χ1v) is 11.6. The van der Waals surface area contributed by atoms with Gasteiger partial charge < -0.3 is 15.6 Å². The summed E-state index contributed by atoms with van der Waals surface area (Å²) < 4.78 is 1.34. The molecule has 1 aliphatic heterocycles. The summed E-state index contributed by atoms with van der Waals surface area (Å²) in [6.45, 7) is 0.410. The van der Waals surface area contributed by atoms with Crippen molar-refractivity contribution in [1.82, 2.24) is 29.8 Å². The van der Waals surface area contributed by atoms with Crippen LogP contribution >= 0.6 is 11.6 Å². The maximum atomic E-state index is 12.8. The summed E-state index contributed by atoms with van der Waals surface area (Å²) in [7, 11) is 0. The van der Waals surface area contributed by atoms with Crippen molar-refractivity contribution < 1.29 is 9.59 Å². The Morgan fingerprint density at radius 1 is 1.11 bits per heavy atom. The van der Waals surface area contributed by atoms with Crippen molar-refractivity contribution in [3.8, 4) is 0 Å². The molecule has 11 heteroatoms. The van der Waals surface area contributed by atoms with Crippen molar-refractivity contribution in [3.05, 3.63) is 111 Å². The Bertz CT molecular complexity index is 1590. The van der Waals surface area contributed by atoms with Gasteiger partial charge in [0.25, 0.3) is 17.4 Å². The summed E-state index contributed by atoms with van der Waals surface area (Å²) >= 11 is 5.80. The van der Waals surface area contributed by atoms with Crippen LogP contribution in [0.2, 0.25) is 5.15 Å². The lowest BCUT2D eigenvalue weighted by Gasteiger charge is -2.07. The Labute approximate surface area is 215 Å². The lowest BCUT2D eigenvalue weighted by Crippen LogP contribution is -2.33. The van der Waals surface area contributed by atoms with Crippen molar-refractivity contribution in [2.24, 2.45) is 0 Å². The van der Waals surface area contributed by atoms with Crippen LogP contribution in [0.5, 0.6) is 0 Å². The van der Waals surface area contributed by atoms with Gasteiger partial charge in [0.05, 0.1) is 36.7 Å². The lowest BCUT2D eigenvalue weighted by molar-refractivity contribution is -0.110. The molecule has 0 aliphatic carbocycles. The van der Waals surface area contributed by atoms with Crippen LogP contribution in [-0.4, -0.2) is 42.9 Å². The molecule has 4 heterocycles. The number of fused-ring (bicyclic) bond motifs is 1. The molecule has 37 heavy (non-hydrogen) atoms. The van der Waals surface area contributed by atoms with Crippen LogP contribution in [0.3, 0.4) is 0 Å². The molecule has 0 radical (unpaired) electrons. The molecule has 3 aromatic heterocycles. The number of aromatic amines is 1.